The van der Waals surface area contributed by atoms with Gasteiger partial charge >= 0.3 is 0 Å². The number of hydrogen-bond acceptors (Lipinski definition) is 3. The highest BCUT2D eigenvalue weighted by atomic mass is 16.2. The maximum Gasteiger partial charge on any atom is 0.251 e. The molecule has 0 spiro atoms. The molecule has 1 fully saturated rings. The molecule has 148 valence electrons. The minimum Gasteiger partial charge on any atom is -0.343 e. The standard InChI is InChI=1S/C23H29N3O2/c1-18-13-19(2)15-21(14-18)23(28)24-16-22(27)26-10-6-9-25(11-12-26)17-20-7-4-3-5-8-20/h3-5,7-8,13-15H,6,9-12,16-17H2,1-2H3,(H,24,28). The second-order valence-corrected chi connectivity index (χ2v) is 7.56. The molecule has 5 heteroatoms. The van der Waals surface area contributed by atoms with Crippen molar-refractivity contribution in [3.05, 3.63) is 70.8 Å². The Bertz CT molecular complexity index is 800. The molecule has 5 nitrogen and oxygen atoms in total. The Morgan fingerprint density at radius 1 is 0.929 bits per heavy atom. The normalized spacial score (nSPS) is 15.1. The summed E-state index contributed by atoms with van der Waals surface area (Å²) < 4.78 is 0. The molecule has 1 N–H and O–H groups in total. The maximum atomic E-state index is 12.6. The fraction of sp³-hybridized carbons (Fsp3) is 0.391. The summed E-state index contributed by atoms with van der Waals surface area (Å²) in [6.07, 6.45) is 0.948. The smallest absolute Gasteiger partial charge is 0.251 e. The molecule has 0 unspecified atom stereocenters. The summed E-state index contributed by atoms with van der Waals surface area (Å²) in [5.41, 5.74) is 3.99. The van der Waals surface area contributed by atoms with E-state index in [1.54, 1.807) is 0 Å². The molecule has 0 aromatic heterocycles. The lowest BCUT2D eigenvalue weighted by Crippen LogP contribution is -2.42. The lowest BCUT2D eigenvalue weighted by atomic mass is 10.1. The summed E-state index contributed by atoms with van der Waals surface area (Å²) in [4.78, 5) is 29.2. The molecule has 1 saturated heterocycles. The molecule has 1 aliphatic heterocycles. The van der Waals surface area contributed by atoms with Crippen molar-refractivity contribution in [2.24, 2.45) is 0 Å². The Hall–Kier alpha value is -2.66. The molecule has 1 aliphatic rings. The third-order valence-corrected chi connectivity index (χ3v) is 5.07. The first kappa shape index (κ1) is 20.1. The Kier molecular flexibility index (Phi) is 6.82. The van der Waals surface area contributed by atoms with Crippen LogP contribution < -0.4 is 5.32 Å². The molecular weight excluding hydrogens is 350 g/mol. The number of hydrogen-bond donors (Lipinski definition) is 1. The number of nitrogens with one attached hydrogen (secondary N) is 1. The van der Waals surface area contributed by atoms with E-state index in [-0.39, 0.29) is 18.4 Å². The summed E-state index contributed by atoms with van der Waals surface area (Å²) in [6, 6.07) is 16.1. The van der Waals surface area contributed by atoms with E-state index in [1.807, 2.05) is 43.0 Å². The van der Waals surface area contributed by atoms with Crippen LogP contribution in [0, 0.1) is 13.8 Å². The molecule has 1 heterocycles. The van der Waals surface area contributed by atoms with E-state index < -0.39 is 0 Å². The van der Waals surface area contributed by atoms with Gasteiger partial charge in [-0.1, -0.05) is 47.5 Å². The van der Waals surface area contributed by atoms with Gasteiger partial charge in [-0.3, -0.25) is 14.5 Å². The van der Waals surface area contributed by atoms with Crippen molar-refractivity contribution in [3.8, 4) is 0 Å². The third-order valence-electron chi connectivity index (χ3n) is 5.07. The van der Waals surface area contributed by atoms with E-state index in [0.717, 1.165) is 43.7 Å². The van der Waals surface area contributed by atoms with Crippen LogP contribution in [-0.4, -0.2) is 54.3 Å². The lowest BCUT2D eigenvalue weighted by molar-refractivity contribution is -0.130. The summed E-state index contributed by atoms with van der Waals surface area (Å²) >= 11 is 0. The molecule has 2 amide bonds. The molecule has 0 saturated carbocycles. The number of amides is 2. The minimum atomic E-state index is -0.194. The van der Waals surface area contributed by atoms with Gasteiger partial charge in [-0.25, -0.2) is 0 Å². The van der Waals surface area contributed by atoms with Gasteiger partial charge in [0.25, 0.3) is 5.91 Å². The van der Waals surface area contributed by atoms with E-state index in [0.29, 0.717) is 12.1 Å². The van der Waals surface area contributed by atoms with Crippen LogP contribution in [-0.2, 0) is 11.3 Å². The highest BCUT2D eigenvalue weighted by molar-refractivity contribution is 5.96. The Morgan fingerprint density at radius 3 is 2.36 bits per heavy atom. The molecule has 0 bridgehead atoms. The first-order valence-corrected chi connectivity index (χ1v) is 9.92. The van der Waals surface area contributed by atoms with E-state index in [1.165, 1.54) is 5.56 Å². The quantitative estimate of drug-likeness (QED) is 0.869. The van der Waals surface area contributed by atoms with Crippen LogP contribution in [0.2, 0.25) is 0 Å². The highest BCUT2D eigenvalue weighted by Crippen LogP contribution is 2.10. The summed E-state index contributed by atoms with van der Waals surface area (Å²) in [5.74, 6) is -0.208. The van der Waals surface area contributed by atoms with Gasteiger partial charge in [0.05, 0.1) is 6.54 Å². The summed E-state index contributed by atoms with van der Waals surface area (Å²) in [5, 5.41) is 2.78. The van der Waals surface area contributed by atoms with Crippen molar-refractivity contribution in [2.45, 2.75) is 26.8 Å². The minimum absolute atomic E-state index is 0.0145. The van der Waals surface area contributed by atoms with Crippen LogP contribution in [0.25, 0.3) is 0 Å². The first-order chi connectivity index (χ1) is 13.5. The van der Waals surface area contributed by atoms with Crippen molar-refractivity contribution in [1.29, 1.82) is 0 Å². The number of nitrogens with zero attached hydrogens (tertiary/aromatic N) is 2. The zero-order valence-corrected chi connectivity index (χ0v) is 16.8. The van der Waals surface area contributed by atoms with E-state index >= 15 is 0 Å². The summed E-state index contributed by atoms with van der Waals surface area (Å²) in [6.45, 7) is 8.16. The second-order valence-electron chi connectivity index (χ2n) is 7.56. The fourth-order valence-corrected chi connectivity index (χ4v) is 3.70. The second kappa shape index (κ2) is 9.51. The van der Waals surface area contributed by atoms with Crippen LogP contribution in [0.15, 0.2) is 48.5 Å². The number of benzene rings is 2. The number of aryl methyl sites for hydroxylation is 2. The fourth-order valence-electron chi connectivity index (χ4n) is 3.70. The van der Waals surface area contributed by atoms with E-state index in [4.69, 9.17) is 0 Å². The Morgan fingerprint density at radius 2 is 1.64 bits per heavy atom. The van der Waals surface area contributed by atoms with Crippen molar-refractivity contribution in [1.82, 2.24) is 15.1 Å². The van der Waals surface area contributed by atoms with Gasteiger partial charge in [0.15, 0.2) is 0 Å². The van der Waals surface area contributed by atoms with Gasteiger partial charge in [-0.2, -0.15) is 0 Å². The summed E-state index contributed by atoms with van der Waals surface area (Å²) in [7, 11) is 0. The number of carbonyl (C=O) groups excluding carboxylic acids is 2. The first-order valence-electron chi connectivity index (χ1n) is 9.92. The van der Waals surface area contributed by atoms with Crippen molar-refractivity contribution < 1.29 is 9.59 Å². The van der Waals surface area contributed by atoms with Gasteiger partial charge in [-0.15, -0.1) is 0 Å². The molecule has 0 atom stereocenters. The average molecular weight is 380 g/mol. The molecule has 2 aromatic rings. The van der Waals surface area contributed by atoms with Gasteiger partial charge in [0.2, 0.25) is 5.91 Å². The van der Waals surface area contributed by atoms with Crippen LogP contribution in [0.3, 0.4) is 0 Å². The Balaban J connectivity index is 1.48. The van der Waals surface area contributed by atoms with E-state index in [9.17, 15) is 9.59 Å². The number of carbonyl (C=O) groups is 2. The van der Waals surface area contributed by atoms with Gasteiger partial charge in [-0.05, 0) is 38.0 Å². The molecule has 28 heavy (non-hydrogen) atoms. The Labute approximate surface area is 167 Å². The van der Waals surface area contributed by atoms with Crippen LogP contribution in [0.5, 0.6) is 0 Å². The maximum absolute atomic E-state index is 12.6. The monoisotopic (exact) mass is 379 g/mol. The average Bonchev–Trinajstić information content (AvgIpc) is 2.91. The largest absolute Gasteiger partial charge is 0.343 e. The lowest BCUT2D eigenvalue weighted by Gasteiger charge is -2.22. The van der Waals surface area contributed by atoms with E-state index in [2.05, 4.69) is 34.5 Å². The van der Waals surface area contributed by atoms with Gasteiger partial charge in [0.1, 0.15) is 0 Å². The zero-order chi connectivity index (χ0) is 19.9. The van der Waals surface area contributed by atoms with Crippen LogP contribution in [0.4, 0.5) is 0 Å². The predicted octanol–water partition coefficient (Wildman–Crippen LogP) is 2.77. The molecule has 3 rings (SSSR count). The highest BCUT2D eigenvalue weighted by Gasteiger charge is 2.20. The molecular formula is C23H29N3O2. The number of rotatable bonds is 5. The van der Waals surface area contributed by atoms with Crippen molar-refractivity contribution >= 4 is 11.8 Å². The van der Waals surface area contributed by atoms with Gasteiger partial charge < -0.3 is 10.2 Å². The molecule has 0 radical (unpaired) electrons. The van der Waals surface area contributed by atoms with Crippen molar-refractivity contribution in [3.63, 3.8) is 0 Å². The molecule has 0 aliphatic carbocycles. The predicted molar refractivity (Wildman–Crippen MR) is 111 cm³/mol. The third kappa shape index (κ3) is 5.67. The van der Waals surface area contributed by atoms with Gasteiger partial charge in [0, 0.05) is 38.3 Å². The topological polar surface area (TPSA) is 52.7 Å². The SMILES string of the molecule is Cc1cc(C)cc(C(=O)NCC(=O)N2CCCN(Cc3ccccc3)CC2)c1. The van der Waals surface area contributed by atoms with Crippen molar-refractivity contribution in [2.75, 3.05) is 32.7 Å². The molecule has 2 aromatic carbocycles. The van der Waals surface area contributed by atoms with Crippen LogP contribution in [0.1, 0.15) is 33.5 Å². The van der Waals surface area contributed by atoms with Crippen LogP contribution >= 0.6 is 0 Å². The zero-order valence-electron chi connectivity index (χ0n) is 16.8.